The van der Waals surface area contributed by atoms with Gasteiger partial charge in [-0.2, -0.15) is 5.10 Å². The Morgan fingerprint density at radius 1 is 0.789 bits per heavy atom. The number of hydrogen-bond donors (Lipinski definition) is 2. The number of nitrogens with zero attached hydrogens (tertiary/aromatic N) is 1. The highest BCUT2D eigenvalue weighted by molar-refractivity contribution is 6.31. The smallest absolute Gasteiger partial charge is 0.343 e. The van der Waals surface area contributed by atoms with Crippen LogP contribution in [-0.4, -0.2) is 31.1 Å². The Morgan fingerprint density at radius 3 is 2.24 bits per heavy atom. The van der Waals surface area contributed by atoms with E-state index < -0.39 is 11.9 Å². The highest BCUT2D eigenvalue weighted by Crippen LogP contribution is 2.23. The lowest BCUT2D eigenvalue weighted by Crippen LogP contribution is -2.18. The Bertz CT molecular complexity index is 1490. The van der Waals surface area contributed by atoms with Crippen molar-refractivity contribution in [2.24, 2.45) is 5.10 Å². The van der Waals surface area contributed by atoms with Gasteiger partial charge in [-0.15, -0.1) is 0 Å². The number of benzene rings is 4. The first-order chi connectivity index (χ1) is 18.4. The molecule has 0 saturated carbocycles. The van der Waals surface area contributed by atoms with Crippen LogP contribution in [0, 0.1) is 0 Å². The van der Waals surface area contributed by atoms with Crippen LogP contribution < -0.4 is 20.2 Å². The summed E-state index contributed by atoms with van der Waals surface area (Å²) in [5, 5.41) is 7.14. The Morgan fingerprint density at radius 2 is 1.50 bits per heavy atom. The molecule has 0 aromatic heterocycles. The molecule has 2 amide bonds. The van der Waals surface area contributed by atoms with E-state index in [1.165, 1.54) is 19.4 Å². The van der Waals surface area contributed by atoms with E-state index in [0.717, 1.165) is 0 Å². The van der Waals surface area contributed by atoms with E-state index in [1.54, 1.807) is 84.9 Å². The van der Waals surface area contributed by atoms with Gasteiger partial charge in [0.25, 0.3) is 11.8 Å². The molecule has 190 valence electrons. The number of anilines is 1. The largest absolute Gasteiger partial charge is 0.497 e. The third kappa shape index (κ3) is 6.83. The SMILES string of the molecule is COc1cccc(C(=O)Oc2ccc(Cl)cc2/C=N/NC(=O)c2ccc(NC(=O)c3ccccc3)cc2)c1. The number of carbonyl (C=O) groups is 3. The molecule has 4 aromatic rings. The molecule has 4 rings (SSSR count). The van der Waals surface area contributed by atoms with Gasteiger partial charge >= 0.3 is 5.97 Å². The third-order valence-electron chi connectivity index (χ3n) is 5.29. The summed E-state index contributed by atoms with van der Waals surface area (Å²) < 4.78 is 10.7. The van der Waals surface area contributed by atoms with Crippen LogP contribution in [-0.2, 0) is 0 Å². The van der Waals surface area contributed by atoms with E-state index in [1.807, 2.05) is 6.07 Å². The van der Waals surface area contributed by atoms with Gasteiger partial charge in [-0.1, -0.05) is 35.9 Å². The number of rotatable bonds is 8. The first-order valence-corrected chi connectivity index (χ1v) is 11.8. The summed E-state index contributed by atoms with van der Waals surface area (Å²) >= 11 is 6.10. The predicted molar refractivity (Wildman–Crippen MR) is 145 cm³/mol. The van der Waals surface area contributed by atoms with Gasteiger partial charge in [0.15, 0.2) is 0 Å². The minimum atomic E-state index is -0.593. The molecule has 0 atom stereocenters. The molecule has 0 spiro atoms. The normalized spacial score (nSPS) is 10.6. The fourth-order valence-electron chi connectivity index (χ4n) is 3.34. The Kier molecular flexibility index (Phi) is 8.48. The fourth-order valence-corrected chi connectivity index (χ4v) is 3.53. The van der Waals surface area contributed by atoms with Gasteiger partial charge < -0.3 is 14.8 Å². The molecule has 38 heavy (non-hydrogen) atoms. The zero-order chi connectivity index (χ0) is 26.9. The second-order valence-corrected chi connectivity index (χ2v) is 8.34. The van der Waals surface area contributed by atoms with Gasteiger partial charge in [0.1, 0.15) is 11.5 Å². The van der Waals surface area contributed by atoms with Crippen LogP contribution in [0.5, 0.6) is 11.5 Å². The van der Waals surface area contributed by atoms with E-state index in [0.29, 0.717) is 38.7 Å². The van der Waals surface area contributed by atoms with E-state index >= 15 is 0 Å². The molecule has 8 nitrogen and oxygen atoms in total. The number of ether oxygens (including phenoxy) is 2. The van der Waals surface area contributed by atoms with Crippen molar-refractivity contribution >= 4 is 41.3 Å². The van der Waals surface area contributed by atoms with Gasteiger partial charge in [-0.25, -0.2) is 10.2 Å². The molecule has 4 aromatic carbocycles. The highest BCUT2D eigenvalue weighted by atomic mass is 35.5. The number of hydrogen-bond acceptors (Lipinski definition) is 6. The molecule has 0 saturated heterocycles. The number of esters is 1. The fraction of sp³-hybridized carbons (Fsp3) is 0.0345. The lowest BCUT2D eigenvalue weighted by atomic mass is 10.1. The minimum Gasteiger partial charge on any atom is -0.497 e. The summed E-state index contributed by atoms with van der Waals surface area (Å²) in [4.78, 5) is 37.4. The lowest BCUT2D eigenvalue weighted by molar-refractivity contribution is 0.0733. The molecule has 0 aliphatic rings. The summed E-state index contributed by atoms with van der Waals surface area (Å²) in [6.45, 7) is 0. The summed E-state index contributed by atoms with van der Waals surface area (Å²) in [7, 11) is 1.50. The summed E-state index contributed by atoms with van der Waals surface area (Å²) in [5.41, 5.74) is 4.51. The standard InChI is InChI=1S/C29H22ClN3O5/c1-37-25-9-5-8-21(17-25)29(36)38-26-15-12-23(30)16-22(26)18-31-33-28(35)20-10-13-24(14-11-20)32-27(34)19-6-3-2-4-7-19/h2-18H,1H3,(H,32,34)(H,33,35)/b31-18+. The van der Waals surface area contributed by atoms with Crippen LogP contribution in [0.25, 0.3) is 0 Å². The van der Waals surface area contributed by atoms with Crippen LogP contribution in [0.2, 0.25) is 5.02 Å². The van der Waals surface area contributed by atoms with Crippen molar-refractivity contribution in [2.75, 3.05) is 12.4 Å². The Balaban J connectivity index is 1.39. The maximum atomic E-state index is 12.6. The zero-order valence-electron chi connectivity index (χ0n) is 20.2. The number of amides is 2. The van der Waals surface area contributed by atoms with Crippen LogP contribution >= 0.6 is 11.6 Å². The van der Waals surface area contributed by atoms with Gasteiger partial charge in [0, 0.05) is 27.4 Å². The quantitative estimate of drug-likeness (QED) is 0.135. The van der Waals surface area contributed by atoms with Gasteiger partial charge in [-0.3, -0.25) is 9.59 Å². The Labute approximate surface area is 223 Å². The van der Waals surface area contributed by atoms with Crippen LogP contribution in [0.1, 0.15) is 36.6 Å². The predicted octanol–water partition coefficient (Wildman–Crippen LogP) is 5.58. The van der Waals surface area contributed by atoms with Gasteiger partial charge in [0.2, 0.25) is 0 Å². The second-order valence-electron chi connectivity index (χ2n) is 7.90. The van der Waals surface area contributed by atoms with Crippen molar-refractivity contribution in [1.82, 2.24) is 5.43 Å². The van der Waals surface area contributed by atoms with E-state index in [9.17, 15) is 14.4 Å². The van der Waals surface area contributed by atoms with Crippen LogP contribution in [0.4, 0.5) is 5.69 Å². The maximum absolute atomic E-state index is 12.6. The Hall–Kier alpha value is -4.95. The number of nitrogens with one attached hydrogen (secondary N) is 2. The first kappa shape index (κ1) is 26.1. The number of hydrazone groups is 1. The molecule has 0 bridgehead atoms. The summed E-state index contributed by atoms with van der Waals surface area (Å²) in [6, 6.07) is 26.4. The van der Waals surface area contributed by atoms with Crippen molar-refractivity contribution < 1.29 is 23.9 Å². The van der Waals surface area contributed by atoms with Crippen molar-refractivity contribution in [2.45, 2.75) is 0 Å². The molecule has 9 heteroatoms. The monoisotopic (exact) mass is 527 g/mol. The van der Waals surface area contributed by atoms with Crippen molar-refractivity contribution in [3.05, 3.63) is 124 Å². The zero-order valence-corrected chi connectivity index (χ0v) is 20.9. The maximum Gasteiger partial charge on any atom is 0.343 e. The van der Waals surface area contributed by atoms with Crippen molar-refractivity contribution in [3.63, 3.8) is 0 Å². The van der Waals surface area contributed by atoms with E-state index in [-0.39, 0.29) is 11.7 Å². The second kappa shape index (κ2) is 12.3. The lowest BCUT2D eigenvalue weighted by Gasteiger charge is -2.09. The molecule has 2 N–H and O–H groups in total. The van der Waals surface area contributed by atoms with E-state index in [4.69, 9.17) is 21.1 Å². The molecule has 0 fully saturated rings. The number of methoxy groups -OCH3 is 1. The minimum absolute atomic E-state index is 0.207. The molecule has 0 aliphatic heterocycles. The first-order valence-electron chi connectivity index (χ1n) is 11.4. The van der Waals surface area contributed by atoms with Crippen LogP contribution in [0.3, 0.4) is 0 Å². The highest BCUT2D eigenvalue weighted by Gasteiger charge is 2.13. The van der Waals surface area contributed by atoms with Gasteiger partial charge in [-0.05, 0) is 72.8 Å². The molecule has 0 unspecified atom stereocenters. The van der Waals surface area contributed by atoms with Crippen molar-refractivity contribution in [1.29, 1.82) is 0 Å². The molecular formula is C29H22ClN3O5. The van der Waals surface area contributed by atoms with Crippen LogP contribution in [0.15, 0.2) is 102 Å². The van der Waals surface area contributed by atoms with E-state index in [2.05, 4.69) is 15.8 Å². The number of carbonyl (C=O) groups excluding carboxylic acids is 3. The third-order valence-corrected chi connectivity index (χ3v) is 5.53. The summed E-state index contributed by atoms with van der Waals surface area (Å²) in [6.07, 6.45) is 1.33. The molecule has 0 radical (unpaired) electrons. The van der Waals surface area contributed by atoms with Gasteiger partial charge in [0.05, 0.1) is 18.9 Å². The van der Waals surface area contributed by atoms with Crippen molar-refractivity contribution in [3.8, 4) is 11.5 Å². The summed E-state index contributed by atoms with van der Waals surface area (Å²) in [5.74, 6) is -0.592. The molecular weight excluding hydrogens is 506 g/mol. The number of halogens is 1. The molecule has 0 heterocycles. The average molecular weight is 528 g/mol. The molecule has 0 aliphatic carbocycles. The topological polar surface area (TPSA) is 106 Å². The average Bonchev–Trinajstić information content (AvgIpc) is 2.95.